The second-order valence-corrected chi connectivity index (χ2v) is 7.85. The van der Waals surface area contributed by atoms with Gasteiger partial charge in [-0.1, -0.05) is 12.1 Å². The summed E-state index contributed by atoms with van der Waals surface area (Å²) in [6, 6.07) is 11.4. The Morgan fingerprint density at radius 1 is 1.03 bits per heavy atom. The van der Waals surface area contributed by atoms with Crippen molar-refractivity contribution in [2.75, 3.05) is 45.0 Å². The molecule has 2 aromatic rings. The van der Waals surface area contributed by atoms with Crippen LogP contribution in [0, 0.1) is 13.8 Å². The summed E-state index contributed by atoms with van der Waals surface area (Å²) in [6.07, 6.45) is 0. The van der Waals surface area contributed by atoms with Gasteiger partial charge in [0.25, 0.3) is 0 Å². The molecule has 0 spiro atoms. The summed E-state index contributed by atoms with van der Waals surface area (Å²) in [7, 11) is 0. The van der Waals surface area contributed by atoms with Crippen LogP contribution in [0.25, 0.3) is 0 Å². The molecule has 0 bridgehead atoms. The van der Waals surface area contributed by atoms with Gasteiger partial charge in [0, 0.05) is 11.3 Å². The van der Waals surface area contributed by atoms with E-state index in [4.69, 9.17) is 14.2 Å². The van der Waals surface area contributed by atoms with Gasteiger partial charge in [0.1, 0.15) is 19.1 Å². The van der Waals surface area contributed by atoms with Gasteiger partial charge in [-0.15, -0.1) is 0 Å². The zero-order chi connectivity index (χ0) is 21.8. The molecule has 2 heterocycles. The highest BCUT2D eigenvalue weighted by molar-refractivity contribution is 6.39. The minimum Gasteiger partial charge on any atom is -0.454 e. The molecule has 0 unspecified atom stereocenters. The first-order chi connectivity index (χ1) is 15.0. The van der Waals surface area contributed by atoms with Crippen molar-refractivity contribution in [3.8, 4) is 11.5 Å². The fraction of sp³-hybridized carbons (Fsp3) is 0.391. The van der Waals surface area contributed by atoms with Crippen molar-refractivity contribution >= 4 is 17.5 Å². The number of ether oxygens (including phenoxy) is 3. The zero-order valence-corrected chi connectivity index (χ0v) is 17.8. The number of anilines is 1. The van der Waals surface area contributed by atoms with Gasteiger partial charge in [-0.05, 0) is 49.2 Å². The van der Waals surface area contributed by atoms with Crippen LogP contribution in [0.4, 0.5) is 5.69 Å². The molecule has 2 aliphatic heterocycles. The van der Waals surface area contributed by atoms with Crippen molar-refractivity contribution in [3.05, 3.63) is 53.1 Å². The summed E-state index contributed by atoms with van der Waals surface area (Å²) in [5.41, 5.74) is 3.67. The van der Waals surface area contributed by atoms with Crippen molar-refractivity contribution in [2.24, 2.45) is 0 Å². The molecule has 0 saturated carbocycles. The molecule has 1 fully saturated rings. The number of morpholine rings is 1. The normalized spacial score (nSPS) is 16.6. The van der Waals surface area contributed by atoms with Crippen molar-refractivity contribution in [3.63, 3.8) is 0 Å². The van der Waals surface area contributed by atoms with E-state index in [0.717, 1.165) is 35.5 Å². The average molecular weight is 426 g/mol. The van der Waals surface area contributed by atoms with Gasteiger partial charge in [0.15, 0.2) is 11.5 Å². The molecule has 2 aromatic carbocycles. The van der Waals surface area contributed by atoms with Crippen molar-refractivity contribution in [1.29, 1.82) is 0 Å². The van der Waals surface area contributed by atoms with Gasteiger partial charge in [0.2, 0.25) is 6.79 Å². The first-order valence-corrected chi connectivity index (χ1v) is 10.5. The number of quaternary nitrogens is 1. The number of hydrogen-bond acceptors (Lipinski definition) is 5. The molecular formula is C23H28N3O5+. The van der Waals surface area contributed by atoms with E-state index >= 15 is 0 Å². The van der Waals surface area contributed by atoms with E-state index in [1.165, 1.54) is 4.90 Å². The number of rotatable bonds is 5. The monoisotopic (exact) mass is 426 g/mol. The molecule has 3 N–H and O–H groups in total. The van der Waals surface area contributed by atoms with Gasteiger partial charge in [-0.25, -0.2) is 0 Å². The number of carbonyl (C=O) groups excluding carboxylic acids is 2. The van der Waals surface area contributed by atoms with Crippen LogP contribution in [0.3, 0.4) is 0 Å². The standard InChI is InChI=1S/C23H27N3O5/c1-15-4-3-5-18(16(15)2)25-23(28)22(27)24-13-19(26-8-10-29-11-9-26)17-6-7-20-21(12-17)31-14-30-20/h3-7,12,19H,8-11,13-14H2,1-2H3,(H,24,27)(H,25,28)/p+1/t19-/m1/s1. The molecule has 2 aliphatic rings. The topological polar surface area (TPSA) is 90.3 Å². The smallest absolute Gasteiger partial charge is 0.313 e. The Balaban J connectivity index is 1.45. The number of fused-ring (bicyclic) bond motifs is 1. The number of aryl methyl sites for hydroxylation is 1. The van der Waals surface area contributed by atoms with E-state index in [0.29, 0.717) is 31.2 Å². The molecule has 8 nitrogen and oxygen atoms in total. The molecule has 31 heavy (non-hydrogen) atoms. The number of nitrogens with one attached hydrogen (secondary N) is 3. The summed E-state index contributed by atoms with van der Waals surface area (Å²) in [5.74, 6) is 0.0972. The first-order valence-electron chi connectivity index (χ1n) is 10.5. The average Bonchev–Trinajstić information content (AvgIpc) is 3.25. The lowest BCUT2D eigenvalue weighted by atomic mass is 10.0. The number of benzene rings is 2. The Labute approximate surface area is 181 Å². The van der Waals surface area contributed by atoms with Crippen LogP contribution >= 0.6 is 0 Å². The van der Waals surface area contributed by atoms with Crippen molar-refractivity contribution < 1.29 is 28.7 Å². The van der Waals surface area contributed by atoms with E-state index in [9.17, 15) is 9.59 Å². The lowest BCUT2D eigenvalue weighted by Crippen LogP contribution is -3.15. The van der Waals surface area contributed by atoms with E-state index in [1.54, 1.807) is 6.07 Å². The molecule has 0 radical (unpaired) electrons. The largest absolute Gasteiger partial charge is 0.454 e. The van der Waals surface area contributed by atoms with Crippen LogP contribution in [-0.2, 0) is 14.3 Å². The van der Waals surface area contributed by atoms with E-state index < -0.39 is 11.8 Å². The minimum absolute atomic E-state index is 0.0316. The molecule has 2 amide bonds. The summed E-state index contributed by atoms with van der Waals surface area (Å²) in [6.45, 7) is 7.39. The van der Waals surface area contributed by atoms with Crippen LogP contribution in [-0.4, -0.2) is 51.5 Å². The van der Waals surface area contributed by atoms with Gasteiger partial charge in [-0.2, -0.15) is 0 Å². The first kappa shape index (κ1) is 21.1. The van der Waals surface area contributed by atoms with Gasteiger partial charge >= 0.3 is 11.8 Å². The molecule has 1 saturated heterocycles. The minimum atomic E-state index is -0.671. The molecule has 4 rings (SSSR count). The maximum absolute atomic E-state index is 12.5. The fourth-order valence-corrected chi connectivity index (χ4v) is 3.95. The van der Waals surface area contributed by atoms with Crippen LogP contribution in [0.1, 0.15) is 22.7 Å². The highest BCUT2D eigenvalue weighted by Gasteiger charge is 2.29. The second kappa shape index (κ2) is 9.36. The molecular weight excluding hydrogens is 398 g/mol. The highest BCUT2D eigenvalue weighted by atomic mass is 16.7. The Hall–Kier alpha value is -3.10. The third-order valence-corrected chi connectivity index (χ3v) is 5.95. The van der Waals surface area contributed by atoms with Crippen LogP contribution in [0.5, 0.6) is 11.5 Å². The van der Waals surface area contributed by atoms with E-state index in [2.05, 4.69) is 10.6 Å². The molecule has 8 heteroatoms. The predicted molar refractivity (Wildman–Crippen MR) is 114 cm³/mol. The zero-order valence-electron chi connectivity index (χ0n) is 17.8. The quantitative estimate of drug-likeness (QED) is 0.614. The summed E-state index contributed by atoms with van der Waals surface area (Å²) >= 11 is 0. The predicted octanol–water partition coefficient (Wildman–Crippen LogP) is 0.743. The van der Waals surface area contributed by atoms with Crippen molar-refractivity contribution in [2.45, 2.75) is 19.9 Å². The molecule has 1 atom stereocenters. The van der Waals surface area contributed by atoms with Crippen LogP contribution in [0.2, 0.25) is 0 Å². The van der Waals surface area contributed by atoms with E-state index in [1.807, 2.05) is 44.2 Å². The Bertz CT molecular complexity index is 972. The fourth-order valence-electron chi connectivity index (χ4n) is 3.95. The van der Waals surface area contributed by atoms with E-state index in [-0.39, 0.29) is 12.8 Å². The molecule has 0 aliphatic carbocycles. The number of amides is 2. The van der Waals surface area contributed by atoms with Crippen molar-refractivity contribution in [1.82, 2.24) is 5.32 Å². The Morgan fingerprint density at radius 2 is 1.81 bits per heavy atom. The highest BCUT2D eigenvalue weighted by Crippen LogP contribution is 2.33. The SMILES string of the molecule is Cc1cccc(NC(=O)C(=O)NC[C@H](c2ccc3c(c2)OCO3)[NH+]2CCOCC2)c1C. The van der Waals surface area contributed by atoms with Crippen LogP contribution in [0.15, 0.2) is 36.4 Å². The summed E-state index contributed by atoms with van der Waals surface area (Å²) in [4.78, 5) is 26.3. The maximum atomic E-state index is 12.5. The number of carbonyl (C=O) groups is 2. The molecule has 164 valence electrons. The Morgan fingerprint density at radius 3 is 2.61 bits per heavy atom. The Kier molecular flexibility index (Phi) is 6.39. The second-order valence-electron chi connectivity index (χ2n) is 7.85. The summed E-state index contributed by atoms with van der Waals surface area (Å²) < 4.78 is 16.4. The third-order valence-electron chi connectivity index (χ3n) is 5.95. The third kappa shape index (κ3) is 4.81. The number of hydrogen-bond donors (Lipinski definition) is 3. The lowest BCUT2D eigenvalue weighted by molar-refractivity contribution is -0.937. The lowest BCUT2D eigenvalue weighted by Gasteiger charge is -2.32. The molecule has 0 aromatic heterocycles. The van der Waals surface area contributed by atoms with Gasteiger partial charge in [0.05, 0.1) is 19.8 Å². The summed E-state index contributed by atoms with van der Waals surface area (Å²) in [5, 5.41) is 5.53. The van der Waals surface area contributed by atoms with Gasteiger partial charge < -0.3 is 29.7 Å². The van der Waals surface area contributed by atoms with Gasteiger partial charge in [-0.3, -0.25) is 9.59 Å². The van der Waals surface area contributed by atoms with Crippen LogP contribution < -0.4 is 25.0 Å². The maximum Gasteiger partial charge on any atom is 0.313 e.